The van der Waals surface area contributed by atoms with Crippen LogP contribution in [0.1, 0.15) is 72.1 Å². The van der Waals surface area contributed by atoms with Crippen molar-refractivity contribution in [1.82, 2.24) is 0 Å². The monoisotopic (exact) mass is 453 g/mol. The topological polar surface area (TPSA) is 205 Å². The fraction of sp³-hybridized carbons (Fsp3) is 0.850. The van der Waals surface area contributed by atoms with Gasteiger partial charge in [-0.15, -0.1) is 0 Å². The molecule has 0 aromatic heterocycles. The molecule has 6 N–H and O–H groups in total. The van der Waals surface area contributed by atoms with Crippen LogP contribution in [0, 0.1) is 0 Å². The van der Waals surface area contributed by atoms with Crippen molar-refractivity contribution in [3.8, 4) is 0 Å². The highest BCUT2D eigenvalue weighted by Crippen LogP contribution is 2.13. The molecule has 1 aliphatic heterocycles. The zero-order valence-electron chi connectivity index (χ0n) is 18.3. The average molecular weight is 454 g/mol. The largest absolute Gasteiger partial charge is 0.550 e. The van der Waals surface area contributed by atoms with Crippen LogP contribution in [0.3, 0.4) is 0 Å². The first-order valence-electron chi connectivity index (χ1n) is 10.3. The summed E-state index contributed by atoms with van der Waals surface area (Å²) in [6.07, 6.45) is -2.10. The molecule has 31 heavy (non-hydrogen) atoms. The lowest BCUT2D eigenvalue weighted by molar-refractivity contribution is -0.307. The van der Waals surface area contributed by atoms with Gasteiger partial charge in [-0.3, -0.25) is 9.59 Å². The molecule has 11 nitrogen and oxygen atoms in total. The molecule has 1 aliphatic rings. The van der Waals surface area contributed by atoms with Gasteiger partial charge in [0.25, 0.3) is 0 Å². The summed E-state index contributed by atoms with van der Waals surface area (Å²) in [5.74, 6) is -2.62. The lowest BCUT2D eigenvalue weighted by Crippen LogP contribution is -2.30. The number of ether oxygens (including phenoxy) is 1. The van der Waals surface area contributed by atoms with Gasteiger partial charge in [-0.25, -0.2) is 0 Å². The van der Waals surface area contributed by atoms with Crippen molar-refractivity contribution in [2.75, 3.05) is 0 Å². The zero-order valence-corrected chi connectivity index (χ0v) is 18.3. The number of carboxylic acid groups (broad SMARTS) is 2. The minimum absolute atomic E-state index is 0.110. The summed E-state index contributed by atoms with van der Waals surface area (Å²) < 4.78 is 4.76. The quantitative estimate of drug-likeness (QED) is 0.214. The highest BCUT2D eigenvalue weighted by molar-refractivity contribution is 5.70. The van der Waals surface area contributed by atoms with Gasteiger partial charge in [-0.1, -0.05) is 13.3 Å². The molecule has 0 saturated carbocycles. The Kier molecular flexibility index (Phi) is 18.1. The van der Waals surface area contributed by atoms with Crippen LogP contribution in [0.5, 0.6) is 0 Å². The first-order valence-corrected chi connectivity index (χ1v) is 10.3. The Morgan fingerprint density at radius 2 is 1.65 bits per heavy atom. The summed E-state index contributed by atoms with van der Waals surface area (Å²) >= 11 is 0. The second kappa shape index (κ2) is 17.8. The van der Waals surface area contributed by atoms with Crippen LogP contribution in [0.15, 0.2) is 0 Å². The molecular formula is C20H37O11-. The van der Waals surface area contributed by atoms with Gasteiger partial charge in [-0.2, -0.15) is 0 Å². The van der Waals surface area contributed by atoms with E-state index in [2.05, 4.69) is 0 Å². The number of aliphatic carboxylic acids is 2. The number of esters is 1. The summed E-state index contributed by atoms with van der Waals surface area (Å²) in [7, 11) is 0. The number of aliphatic hydroxyl groups is 5. The smallest absolute Gasteiger partial charge is 0.308 e. The highest BCUT2D eigenvalue weighted by Gasteiger charge is 2.23. The standard InChI is InChI=1S/C8H16O4.C6H12O4.C6H10O3/c1-2-3-6(9)4-7(10)5-8(11)12;1-4(7)2-5(8)3-6(9)10;1-4-2-5(7)3-6(8)9-4/h6-7,9-10H,2-5H2,1H3,(H,11,12);4-5,7-8H,2-3H2,1H3,(H,9,10);4-5,7H,2-3H2,1H3/p-1/t6?,7-;2*4?,5-/m111/s1. The molecule has 0 bridgehead atoms. The molecule has 184 valence electrons. The van der Waals surface area contributed by atoms with Crippen LogP contribution in [0.2, 0.25) is 0 Å². The summed E-state index contributed by atoms with van der Waals surface area (Å²) in [5, 5.41) is 62.8. The zero-order chi connectivity index (χ0) is 24.6. The lowest BCUT2D eigenvalue weighted by Gasteiger charge is -2.22. The van der Waals surface area contributed by atoms with Crippen LogP contribution in [0.25, 0.3) is 0 Å². The minimum atomic E-state index is -1.29. The Balaban J connectivity index is 0. The Bertz CT molecular complexity index is 497. The SMILES string of the molecule is CC(O)C[C@@H](O)CC(=O)O.CC1C[C@@H](O)CC(=O)O1.CCCC(O)C[C@@H](O)CC(=O)[O-]. The summed E-state index contributed by atoms with van der Waals surface area (Å²) in [4.78, 5) is 30.4. The van der Waals surface area contributed by atoms with E-state index in [1.165, 1.54) is 6.92 Å². The molecule has 0 amide bonds. The number of hydrogen-bond donors (Lipinski definition) is 6. The molecule has 0 spiro atoms. The molecule has 0 aliphatic carbocycles. The molecule has 0 aromatic rings. The van der Waals surface area contributed by atoms with E-state index in [4.69, 9.17) is 35.4 Å². The maximum atomic E-state index is 10.5. The van der Waals surface area contributed by atoms with E-state index in [1.807, 2.05) is 6.92 Å². The molecule has 11 heteroatoms. The number of cyclic esters (lactones) is 1. The fourth-order valence-corrected chi connectivity index (χ4v) is 2.70. The van der Waals surface area contributed by atoms with Gasteiger partial charge in [0.15, 0.2) is 0 Å². The second-order valence-corrected chi connectivity index (χ2v) is 7.64. The van der Waals surface area contributed by atoms with Crippen molar-refractivity contribution in [3.63, 3.8) is 0 Å². The maximum Gasteiger partial charge on any atom is 0.308 e. The third-order valence-corrected chi connectivity index (χ3v) is 3.93. The first-order chi connectivity index (χ1) is 14.3. The van der Waals surface area contributed by atoms with Gasteiger partial charge in [0, 0.05) is 18.8 Å². The van der Waals surface area contributed by atoms with Gasteiger partial charge in [0.05, 0.1) is 43.4 Å². The van der Waals surface area contributed by atoms with Crippen molar-refractivity contribution < 1.29 is 54.9 Å². The van der Waals surface area contributed by atoms with Crippen molar-refractivity contribution in [2.45, 2.75) is 109 Å². The molecule has 3 unspecified atom stereocenters. The number of aliphatic hydroxyl groups excluding tert-OH is 5. The van der Waals surface area contributed by atoms with Crippen LogP contribution < -0.4 is 5.11 Å². The van der Waals surface area contributed by atoms with Crippen molar-refractivity contribution >= 4 is 17.9 Å². The summed E-state index contributed by atoms with van der Waals surface area (Å²) in [6.45, 7) is 5.19. The molecule has 1 saturated heterocycles. The van der Waals surface area contributed by atoms with E-state index >= 15 is 0 Å². The van der Waals surface area contributed by atoms with Crippen LogP contribution >= 0.6 is 0 Å². The maximum absolute atomic E-state index is 10.5. The van der Waals surface area contributed by atoms with Gasteiger partial charge in [0.2, 0.25) is 0 Å². The minimum Gasteiger partial charge on any atom is -0.550 e. The Labute approximate surface area is 182 Å². The number of carbonyl (C=O) groups is 3. The number of carbonyl (C=O) groups excluding carboxylic acids is 2. The van der Waals surface area contributed by atoms with Crippen LogP contribution in [0.4, 0.5) is 0 Å². The third kappa shape index (κ3) is 22.7. The highest BCUT2D eigenvalue weighted by atomic mass is 16.5. The molecular weight excluding hydrogens is 416 g/mol. The first kappa shape index (κ1) is 31.4. The van der Waals surface area contributed by atoms with Crippen molar-refractivity contribution in [2.24, 2.45) is 0 Å². The summed E-state index contributed by atoms with van der Waals surface area (Å²) in [5.41, 5.74) is 0. The second-order valence-electron chi connectivity index (χ2n) is 7.64. The molecule has 0 aromatic carbocycles. The van der Waals surface area contributed by atoms with Gasteiger partial charge < -0.3 is 45.3 Å². The fourth-order valence-electron chi connectivity index (χ4n) is 2.70. The predicted molar refractivity (Wildman–Crippen MR) is 107 cm³/mol. The predicted octanol–water partition coefficient (Wildman–Crippen LogP) is -1.30. The number of rotatable bonds is 10. The molecule has 1 fully saturated rings. The van der Waals surface area contributed by atoms with E-state index in [1.54, 1.807) is 6.92 Å². The Hall–Kier alpha value is -1.79. The van der Waals surface area contributed by atoms with E-state index < -0.39 is 48.9 Å². The lowest BCUT2D eigenvalue weighted by atomic mass is 10.1. The summed E-state index contributed by atoms with van der Waals surface area (Å²) in [6, 6.07) is 0. The van der Waals surface area contributed by atoms with Gasteiger partial charge in [0.1, 0.15) is 6.10 Å². The molecule has 6 atom stereocenters. The number of carboxylic acids is 2. The van der Waals surface area contributed by atoms with Gasteiger partial charge >= 0.3 is 11.9 Å². The number of hydrogen-bond acceptors (Lipinski definition) is 10. The average Bonchev–Trinajstić information content (AvgIpc) is 2.52. The Morgan fingerprint density at radius 1 is 1.10 bits per heavy atom. The molecule has 0 radical (unpaired) electrons. The van der Waals surface area contributed by atoms with Gasteiger partial charge in [-0.05, 0) is 33.1 Å². The van der Waals surface area contributed by atoms with Crippen molar-refractivity contribution in [1.29, 1.82) is 0 Å². The van der Waals surface area contributed by atoms with Crippen LogP contribution in [-0.2, 0) is 19.1 Å². The molecule has 1 rings (SSSR count). The third-order valence-electron chi connectivity index (χ3n) is 3.93. The van der Waals surface area contributed by atoms with E-state index in [0.717, 1.165) is 6.42 Å². The normalized spacial score (nSPS) is 21.7. The Morgan fingerprint density at radius 3 is 2.03 bits per heavy atom. The van der Waals surface area contributed by atoms with Crippen molar-refractivity contribution in [3.05, 3.63) is 0 Å². The van der Waals surface area contributed by atoms with Crippen LogP contribution in [-0.4, -0.2) is 85.2 Å². The molecule has 1 heterocycles. The van der Waals surface area contributed by atoms with E-state index in [0.29, 0.717) is 12.8 Å². The van der Waals surface area contributed by atoms with E-state index in [-0.39, 0.29) is 37.8 Å². The van der Waals surface area contributed by atoms with E-state index in [9.17, 15) is 19.5 Å².